The molecule has 2 atom stereocenters. The van der Waals surface area contributed by atoms with E-state index in [0.717, 1.165) is 78.4 Å². The molecule has 1 amide bonds. The summed E-state index contributed by atoms with van der Waals surface area (Å²) in [7, 11) is -13.3. The topological polar surface area (TPSA) is 128 Å². The summed E-state index contributed by atoms with van der Waals surface area (Å²) < 4.78 is 107. The van der Waals surface area contributed by atoms with Gasteiger partial charge in [0.15, 0.2) is 8.32 Å². The van der Waals surface area contributed by atoms with Crippen molar-refractivity contribution in [2.75, 3.05) is 61.8 Å². The number of hydrogen-bond acceptors (Lipinski definition) is 11. The molecule has 0 aliphatic carbocycles. The highest BCUT2D eigenvalue weighted by Crippen LogP contribution is 2.49. The van der Waals surface area contributed by atoms with Crippen molar-refractivity contribution in [2.24, 2.45) is 16.7 Å². The number of nitrogens with zero attached hydrogens (tertiary/aromatic N) is 3. The van der Waals surface area contributed by atoms with Gasteiger partial charge >= 0.3 is 5.51 Å². The van der Waals surface area contributed by atoms with Crippen molar-refractivity contribution < 1.29 is 39.2 Å². The molecule has 2 heterocycles. The number of amides is 1. The van der Waals surface area contributed by atoms with Crippen LogP contribution in [0.25, 0.3) is 11.1 Å². The summed E-state index contributed by atoms with van der Waals surface area (Å²) in [6.07, 6.45) is 1.89. The summed E-state index contributed by atoms with van der Waals surface area (Å²) in [5.74, 6) is -0.494. The maximum absolute atomic E-state index is 14.5. The predicted molar refractivity (Wildman–Crippen MR) is 328 cm³/mol. The maximum atomic E-state index is 14.5. The van der Waals surface area contributed by atoms with Gasteiger partial charge in [-0.2, -0.15) is 13.2 Å². The molecule has 2 aliphatic heterocycles. The third-order valence-electron chi connectivity index (χ3n) is 16.9. The first kappa shape index (κ1) is 64.2. The SMILES string of the molecule is [CH2]C(N1CCN(CC[C@H](CSc2ccccc2)Nc2ccc(S(=O)(=O)NC(=O)c3ccc(N4CCC([C@@H](O[Si](C)(C)C(C)(C)C)c5ccccc5-c5ccc(Cl)cc5)CC4)cc3)cc2S(=O)(=O)C(F)(F)F)CC1)(C(C)(C)C)C(C)(C)C. The van der Waals surface area contributed by atoms with E-state index in [1.165, 1.54) is 23.9 Å². The molecule has 0 bridgehead atoms. The predicted octanol–water partition coefficient (Wildman–Crippen LogP) is 14.6. The minimum atomic E-state index is -6.11. The largest absolute Gasteiger partial charge is 0.501 e. The number of alkyl halides is 3. The van der Waals surface area contributed by atoms with Gasteiger partial charge in [0.05, 0.1) is 16.7 Å². The molecule has 2 aliphatic rings. The number of rotatable bonds is 19. The van der Waals surface area contributed by atoms with Crippen molar-refractivity contribution >= 4 is 68.8 Å². The quantitative estimate of drug-likeness (QED) is 0.0606. The molecule has 0 saturated carbocycles. The van der Waals surface area contributed by atoms with Crippen LogP contribution in [0.4, 0.5) is 24.5 Å². The third kappa shape index (κ3) is 14.9. The lowest BCUT2D eigenvalue weighted by atomic mass is 9.60. The van der Waals surface area contributed by atoms with Gasteiger partial charge < -0.3 is 19.5 Å². The minimum absolute atomic E-state index is 0.0189. The molecule has 441 valence electrons. The van der Waals surface area contributed by atoms with Crippen molar-refractivity contribution in [3.05, 3.63) is 144 Å². The van der Waals surface area contributed by atoms with E-state index in [9.17, 15) is 34.8 Å². The highest BCUT2D eigenvalue weighted by Gasteiger charge is 2.52. The average molecular weight is 1210 g/mol. The summed E-state index contributed by atoms with van der Waals surface area (Å²) in [6.45, 7) is 34.2. The molecule has 0 spiro atoms. The first-order valence-corrected chi connectivity index (χ1v) is 35.0. The Bertz CT molecular complexity index is 3160. The number of sulfone groups is 1. The van der Waals surface area contributed by atoms with Crippen LogP contribution >= 0.6 is 23.4 Å². The number of thioether (sulfide) groups is 1. The first-order chi connectivity index (χ1) is 37.6. The monoisotopic (exact) mass is 1210 g/mol. The van der Waals surface area contributed by atoms with Gasteiger partial charge in [0.25, 0.3) is 25.8 Å². The van der Waals surface area contributed by atoms with Crippen molar-refractivity contribution in [1.82, 2.24) is 14.5 Å². The van der Waals surface area contributed by atoms with E-state index in [1.807, 2.05) is 65.4 Å². The maximum Gasteiger partial charge on any atom is 0.501 e. The van der Waals surface area contributed by atoms with Crippen LogP contribution in [0.15, 0.2) is 136 Å². The Balaban J connectivity index is 1.06. The van der Waals surface area contributed by atoms with Gasteiger partial charge in [-0.1, -0.05) is 129 Å². The zero-order valence-corrected chi connectivity index (χ0v) is 53.0. The van der Waals surface area contributed by atoms with Crippen molar-refractivity contribution in [3.8, 4) is 11.1 Å². The second-order valence-corrected chi connectivity index (χ2v) is 35.1. The Morgan fingerprint density at radius 2 is 1.35 bits per heavy atom. The van der Waals surface area contributed by atoms with Crippen molar-refractivity contribution in [2.45, 2.75) is 138 Å². The van der Waals surface area contributed by atoms with Crippen LogP contribution in [0, 0.1) is 23.7 Å². The Morgan fingerprint density at radius 1 is 0.765 bits per heavy atom. The molecule has 2 saturated heterocycles. The Hall–Kier alpha value is -4.40. The summed E-state index contributed by atoms with van der Waals surface area (Å²) in [4.78, 5) is 19.4. The lowest BCUT2D eigenvalue weighted by molar-refractivity contribution is -0.0729. The second-order valence-electron chi connectivity index (χ2n) is 25.2. The van der Waals surface area contributed by atoms with E-state index in [4.69, 9.17) is 23.0 Å². The van der Waals surface area contributed by atoms with Crippen LogP contribution in [0.5, 0.6) is 0 Å². The Morgan fingerprint density at radius 3 is 1.91 bits per heavy atom. The fourth-order valence-electron chi connectivity index (χ4n) is 11.1. The molecule has 1 radical (unpaired) electrons. The number of sulfonamides is 1. The fourth-order valence-corrected chi connectivity index (χ4v) is 15.6. The molecule has 2 N–H and O–H groups in total. The minimum Gasteiger partial charge on any atom is -0.410 e. The lowest BCUT2D eigenvalue weighted by Gasteiger charge is -2.59. The molecule has 2 fully saturated rings. The fraction of sp³-hybridized carbons (Fsp3) is 0.484. The highest BCUT2D eigenvalue weighted by atomic mass is 35.5. The van der Waals surface area contributed by atoms with Gasteiger partial charge in [0, 0.05) is 84.3 Å². The number of carbonyl (C=O) groups is 1. The number of halogens is 4. The molecule has 81 heavy (non-hydrogen) atoms. The number of piperazine rings is 1. The molecule has 0 unspecified atom stereocenters. The van der Waals surface area contributed by atoms with Crippen LogP contribution in [-0.2, 0) is 24.3 Å². The van der Waals surface area contributed by atoms with Crippen LogP contribution < -0.4 is 14.9 Å². The van der Waals surface area contributed by atoms with Crippen molar-refractivity contribution in [1.29, 1.82) is 0 Å². The molecular formula is C62H82ClF3N5O6S3Si. The van der Waals surface area contributed by atoms with E-state index in [1.54, 1.807) is 12.1 Å². The van der Waals surface area contributed by atoms with Crippen LogP contribution in [-0.4, -0.2) is 110 Å². The highest BCUT2D eigenvalue weighted by molar-refractivity contribution is 7.99. The molecule has 7 rings (SSSR count). The zero-order chi connectivity index (χ0) is 59.6. The van der Waals surface area contributed by atoms with Crippen molar-refractivity contribution in [3.63, 3.8) is 0 Å². The van der Waals surface area contributed by atoms with Gasteiger partial charge in [0.2, 0.25) is 0 Å². The Labute approximate surface area is 491 Å². The summed E-state index contributed by atoms with van der Waals surface area (Å²) >= 11 is 7.75. The normalized spacial score (nSPS) is 17.0. The third-order valence-corrected chi connectivity index (χ3v) is 25.7. The molecule has 11 nitrogen and oxygen atoms in total. The number of carbonyl (C=O) groups excluding carboxylic acids is 1. The number of piperidine rings is 1. The lowest BCUT2D eigenvalue weighted by Crippen LogP contribution is -2.66. The summed E-state index contributed by atoms with van der Waals surface area (Å²) in [5.41, 5.74) is -2.70. The van der Waals surface area contributed by atoms with Gasteiger partial charge in [-0.25, -0.2) is 21.6 Å². The summed E-state index contributed by atoms with van der Waals surface area (Å²) in [6, 6.07) is 34.1. The van der Waals surface area contributed by atoms with Crippen LogP contribution in [0.1, 0.15) is 104 Å². The number of hydrogen-bond donors (Lipinski definition) is 2. The average Bonchev–Trinajstić information content (AvgIpc) is 3.40. The number of anilines is 2. The first-order valence-electron chi connectivity index (χ1n) is 27.8. The molecule has 5 aromatic carbocycles. The molecule has 5 aromatic rings. The molecule has 0 aromatic heterocycles. The standard InChI is InChI=1S/C62H82ClF3N5O6S3Si/c1-58(2,3)61(10,59(4,5)6)71-40-38-69(39-41-71)35-34-48(43-78-50-18-14-13-15-19-50)67-54-31-30-51(42-55(54)79(73,74)62(64,65)66)80(75,76)68-57(72)46-24-28-49(29-25-46)70-36-32-45(33-37-70)56(77-81(11,12)60(7,8)9)53-21-17-16-20-52(53)44-22-26-47(63)27-23-44/h13-31,42,45,48,56,67H,10,32-41,43H2,1-9,11-12H3,(H,68,72)/t48-,56-/m1/s1. The zero-order valence-electron chi connectivity index (χ0n) is 48.8. The van der Waals surface area contributed by atoms with E-state index < -0.39 is 61.1 Å². The second kappa shape index (κ2) is 25.0. The Kier molecular flexibility index (Phi) is 19.8. The van der Waals surface area contributed by atoms with Crippen LogP contribution in [0.3, 0.4) is 0 Å². The number of benzene rings is 5. The molecular weight excluding hydrogens is 1130 g/mol. The summed E-state index contributed by atoms with van der Waals surface area (Å²) in [5, 5.41) is 3.72. The van der Waals surface area contributed by atoms with E-state index in [2.05, 4.69) is 114 Å². The van der Waals surface area contributed by atoms with E-state index in [-0.39, 0.29) is 39.0 Å². The van der Waals surface area contributed by atoms with Crippen LogP contribution in [0.2, 0.25) is 23.2 Å². The van der Waals surface area contributed by atoms with Gasteiger partial charge in [0.1, 0.15) is 4.90 Å². The smallest absolute Gasteiger partial charge is 0.410 e. The van der Waals surface area contributed by atoms with Gasteiger partial charge in [-0.05, 0) is 144 Å². The molecule has 19 heteroatoms. The number of nitrogens with one attached hydrogen (secondary N) is 2. The van der Waals surface area contributed by atoms with Gasteiger partial charge in [-0.3, -0.25) is 9.69 Å². The van der Waals surface area contributed by atoms with E-state index >= 15 is 0 Å². The van der Waals surface area contributed by atoms with Gasteiger partial charge in [-0.15, -0.1) is 11.8 Å². The van der Waals surface area contributed by atoms with E-state index in [0.29, 0.717) is 42.9 Å².